The second kappa shape index (κ2) is 4.67. The van der Waals surface area contributed by atoms with Crippen molar-refractivity contribution in [1.82, 2.24) is 4.98 Å². The molecule has 0 radical (unpaired) electrons. The number of ether oxygens (including phenoxy) is 1. The van der Waals surface area contributed by atoms with Gasteiger partial charge >= 0.3 is 5.97 Å². The van der Waals surface area contributed by atoms with Gasteiger partial charge < -0.3 is 4.74 Å². The van der Waals surface area contributed by atoms with Gasteiger partial charge in [-0.05, 0) is 18.1 Å². The van der Waals surface area contributed by atoms with E-state index in [1.54, 1.807) is 6.20 Å². The predicted molar refractivity (Wildman–Crippen MR) is 73.2 cm³/mol. The van der Waals surface area contributed by atoms with Crippen molar-refractivity contribution >= 4 is 17.6 Å². The molecule has 0 bridgehead atoms. The number of aryl methyl sites for hydroxylation is 1. The zero-order valence-corrected chi connectivity index (χ0v) is 11.1. The molecule has 0 fully saturated rings. The topological polar surface area (TPSA) is 39.2 Å². The molecule has 0 saturated heterocycles. The van der Waals surface area contributed by atoms with E-state index in [4.69, 9.17) is 16.3 Å². The predicted octanol–water partition coefficient (Wildman–Crippen LogP) is 3.33. The number of pyridine rings is 1. The fourth-order valence-corrected chi connectivity index (χ4v) is 2.65. The summed E-state index contributed by atoms with van der Waals surface area (Å²) >= 11 is 5.99. The Morgan fingerprint density at radius 3 is 2.79 bits per heavy atom. The van der Waals surface area contributed by atoms with Crippen molar-refractivity contribution in [2.45, 2.75) is 18.9 Å². The maximum atomic E-state index is 11.8. The zero-order valence-electron chi connectivity index (χ0n) is 10.4. The lowest BCUT2D eigenvalue weighted by Gasteiger charge is -2.23. The normalized spacial score (nSPS) is 17.8. The summed E-state index contributed by atoms with van der Waals surface area (Å²) in [6.07, 6.45) is 2.08. The van der Waals surface area contributed by atoms with E-state index in [1.165, 1.54) is 0 Å². The molecule has 2 heterocycles. The first kappa shape index (κ1) is 12.2. The molecular formula is C15H12ClNO2. The Kier molecular flexibility index (Phi) is 2.99. The first-order valence-electron chi connectivity index (χ1n) is 6.06. The molecule has 1 atom stereocenters. The lowest BCUT2D eigenvalue weighted by atomic mass is 9.92. The highest BCUT2D eigenvalue weighted by Crippen LogP contribution is 2.33. The number of esters is 1. The Labute approximate surface area is 116 Å². The average molecular weight is 274 g/mol. The Hall–Kier alpha value is -1.87. The third kappa shape index (κ3) is 2.10. The minimum atomic E-state index is -0.607. The SMILES string of the molecule is Cc1ncc2c(c1-c1ccccc1)CC(Cl)OC2=O. The van der Waals surface area contributed by atoms with Crippen molar-refractivity contribution < 1.29 is 9.53 Å². The molecular weight excluding hydrogens is 262 g/mol. The van der Waals surface area contributed by atoms with Crippen LogP contribution in [0.3, 0.4) is 0 Å². The van der Waals surface area contributed by atoms with Gasteiger partial charge in [0.2, 0.25) is 0 Å². The molecule has 4 heteroatoms. The van der Waals surface area contributed by atoms with Gasteiger partial charge in [-0.1, -0.05) is 41.9 Å². The number of cyclic esters (lactones) is 1. The van der Waals surface area contributed by atoms with Crippen LogP contribution in [0.1, 0.15) is 21.6 Å². The van der Waals surface area contributed by atoms with Gasteiger partial charge in [0.25, 0.3) is 0 Å². The molecule has 3 rings (SSSR count). The maximum Gasteiger partial charge on any atom is 0.341 e. The van der Waals surface area contributed by atoms with Crippen LogP contribution in [0.5, 0.6) is 0 Å². The van der Waals surface area contributed by atoms with Gasteiger partial charge in [-0.15, -0.1) is 0 Å². The summed E-state index contributed by atoms with van der Waals surface area (Å²) in [5.74, 6) is -0.397. The third-order valence-corrected chi connectivity index (χ3v) is 3.50. The number of alkyl halides is 1. The van der Waals surface area contributed by atoms with E-state index in [0.717, 1.165) is 22.4 Å². The molecule has 1 unspecified atom stereocenters. The molecule has 0 saturated carbocycles. The molecule has 3 nitrogen and oxygen atoms in total. The van der Waals surface area contributed by atoms with Crippen LogP contribution in [0.4, 0.5) is 0 Å². The summed E-state index contributed by atoms with van der Waals surface area (Å²) < 4.78 is 5.03. The Bertz CT molecular complexity index is 640. The van der Waals surface area contributed by atoms with Crippen molar-refractivity contribution in [3.8, 4) is 11.1 Å². The number of carbonyl (C=O) groups excluding carboxylic acids is 1. The molecule has 1 aliphatic rings. The van der Waals surface area contributed by atoms with E-state index in [1.807, 2.05) is 37.3 Å². The fraction of sp³-hybridized carbons (Fsp3) is 0.200. The number of fused-ring (bicyclic) bond motifs is 1. The van der Waals surface area contributed by atoms with E-state index in [0.29, 0.717) is 12.0 Å². The second-order valence-corrected chi connectivity index (χ2v) is 4.98. The van der Waals surface area contributed by atoms with E-state index >= 15 is 0 Å². The number of hydrogen-bond acceptors (Lipinski definition) is 3. The van der Waals surface area contributed by atoms with Crippen LogP contribution in [-0.2, 0) is 11.2 Å². The number of carbonyl (C=O) groups is 1. The number of nitrogens with zero attached hydrogens (tertiary/aromatic N) is 1. The molecule has 2 aromatic rings. The van der Waals surface area contributed by atoms with E-state index in [-0.39, 0.29) is 0 Å². The number of halogens is 1. The number of rotatable bonds is 1. The van der Waals surface area contributed by atoms with Crippen LogP contribution in [0.25, 0.3) is 11.1 Å². The van der Waals surface area contributed by atoms with Gasteiger partial charge in [-0.3, -0.25) is 4.98 Å². The van der Waals surface area contributed by atoms with Crippen LogP contribution in [0.2, 0.25) is 0 Å². The summed E-state index contributed by atoms with van der Waals surface area (Å²) in [7, 11) is 0. The van der Waals surface area contributed by atoms with Gasteiger partial charge in [0.1, 0.15) is 0 Å². The molecule has 19 heavy (non-hydrogen) atoms. The average Bonchev–Trinajstić information content (AvgIpc) is 2.39. The minimum Gasteiger partial charge on any atom is -0.442 e. The van der Waals surface area contributed by atoms with Crippen molar-refractivity contribution in [2.75, 3.05) is 0 Å². The summed E-state index contributed by atoms with van der Waals surface area (Å²) in [6, 6.07) is 9.90. The largest absolute Gasteiger partial charge is 0.442 e. The Balaban J connectivity index is 2.25. The Morgan fingerprint density at radius 1 is 1.32 bits per heavy atom. The highest BCUT2D eigenvalue weighted by atomic mass is 35.5. The molecule has 1 aromatic carbocycles. The fourth-order valence-electron chi connectivity index (χ4n) is 2.41. The molecule has 0 amide bonds. The molecule has 1 aromatic heterocycles. The second-order valence-electron chi connectivity index (χ2n) is 4.50. The van der Waals surface area contributed by atoms with Crippen molar-refractivity contribution in [2.24, 2.45) is 0 Å². The monoisotopic (exact) mass is 273 g/mol. The summed E-state index contributed by atoms with van der Waals surface area (Å²) in [5.41, 5.74) is 3.76. The quantitative estimate of drug-likeness (QED) is 0.591. The lowest BCUT2D eigenvalue weighted by molar-refractivity contribution is 0.0414. The van der Waals surface area contributed by atoms with Crippen LogP contribution >= 0.6 is 11.6 Å². The van der Waals surface area contributed by atoms with E-state index in [9.17, 15) is 4.79 Å². The lowest BCUT2D eigenvalue weighted by Crippen LogP contribution is -2.24. The molecule has 0 N–H and O–H groups in total. The van der Waals surface area contributed by atoms with E-state index in [2.05, 4.69) is 4.98 Å². The van der Waals surface area contributed by atoms with Gasteiger partial charge in [0, 0.05) is 23.9 Å². The van der Waals surface area contributed by atoms with Crippen LogP contribution in [0, 0.1) is 6.92 Å². The zero-order chi connectivity index (χ0) is 13.4. The highest BCUT2D eigenvalue weighted by molar-refractivity contribution is 6.21. The van der Waals surface area contributed by atoms with Crippen molar-refractivity contribution in [3.63, 3.8) is 0 Å². The van der Waals surface area contributed by atoms with Crippen molar-refractivity contribution in [3.05, 3.63) is 53.3 Å². The summed E-state index contributed by atoms with van der Waals surface area (Å²) in [5, 5.41) is 0. The first-order chi connectivity index (χ1) is 9.16. The third-order valence-electron chi connectivity index (χ3n) is 3.26. The minimum absolute atomic E-state index is 0.397. The molecule has 0 aliphatic carbocycles. The van der Waals surface area contributed by atoms with Gasteiger partial charge in [0.05, 0.1) is 5.56 Å². The van der Waals surface area contributed by atoms with E-state index < -0.39 is 11.5 Å². The van der Waals surface area contributed by atoms with Gasteiger partial charge in [-0.2, -0.15) is 0 Å². The van der Waals surface area contributed by atoms with Crippen LogP contribution in [0.15, 0.2) is 36.5 Å². The molecule has 96 valence electrons. The standard InChI is InChI=1S/C15H12ClNO2/c1-9-14(10-5-3-2-4-6-10)11-7-13(16)19-15(18)12(11)8-17-9/h2-6,8,13H,7H2,1H3. The summed E-state index contributed by atoms with van der Waals surface area (Å²) in [6.45, 7) is 1.94. The number of benzene rings is 1. The van der Waals surface area contributed by atoms with Crippen LogP contribution in [-0.4, -0.2) is 16.5 Å². The van der Waals surface area contributed by atoms with Crippen LogP contribution < -0.4 is 0 Å². The highest BCUT2D eigenvalue weighted by Gasteiger charge is 2.28. The molecule has 1 aliphatic heterocycles. The maximum absolute atomic E-state index is 11.8. The smallest absolute Gasteiger partial charge is 0.341 e. The van der Waals surface area contributed by atoms with Crippen molar-refractivity contribution in [1.29, 1.82) is 0 Å². The summed E-state index contributed by atoms with van der Waals surface area (Å²) in [4.78, 5) is 16.1. The number of hydrogen-bond donors (Lipinski definition) is 0. The van der Waals surface area contributed by atoms with Gasteiger partial charge in [-0.25, -0.2) is 4.79 Å². The first-order valence-corrected chi connectivity index (χ1v) is 6.49. The number of aromatic nitrogens is 1. The Morgan fingerprint density at radius 2 is 2.05 bits per heavy atom. The molecule has 0 spiro atoms. The van der Waals surface area contributed by atoms with Gasteiger partial charge in [0.15, 0.2) is 5.56 Å².